The molecule has 1 amide bonds. The lowest BCUT2D eigenvalue weighted by atomic mass is 9.90. The summed E-state index contributed by atoms with van der Waals surface area (Å²) in [6.45, 7) is 5.41. The van der Waals surface area contributed by atoms with Crippen LogP contribution in [0.5, 0.6) is 0 Å². The van der Waals surface area contributed by atoms with Gasteiger partial charge in [-0.05, 0) is 32.9 Å². The van der Waals surface area contributed by atoms with E-state index >= 15 is 0 Å². The van der Waals surface area contributed by atoms with Crippen molar-refractivity contribution < 1.29 is 19.0 Å². The molecule has 0 N–H and O–H groups in total. The van der Waals surface area contributed by atoms with Crippen molar-refractivity contribution in [1.82, 2.24) is 0 Å². The maximum Gasteiger partial charge on any atom is 0.434 e. The highest BCUT2D eigenvalue weighted by atomic mass is 16.7. The zero-order valence-corrected chi connectivity index (χ0v) is 13.5. The second kappa shape index (κ2) is 6.02. The number of fused-ring (bicyclic) bond motifs is 1. The fourth-order valence-electron chi connectivity index (χ4n) is 2.30. The highest BCUT2D eigenvalue weighted by Crippen LogP contribution is 2.34. The van der Waals surface area contributed by atoms with Crippen LogP contribution in [0, 0.1) is 0 Å². The Bertz CT molecular complexity index is 622. The van der Waals surface area contributed by atoms with Gasteiger partial charge in [-0.2, -0.15) is 4.99 Å². The molecule has 0 spiro atoms. The van der Waals surface area contributed by atoms with E-state index in [1.807, 2.05) is 24.3 Å². The maximum atomic E-state index is 11.9. The molecule has 1 aromatic carbocycles. The molecule has 0 unspecified atom stereocenters. The summed E-state index contributed by atoms with van der Waals surface area (Å²) in [6.07, 6.45) is 2.82. The number of methoxy groups -OCH3 is 2. The molecule has 1 aliphatic rings. The van der Waals surface area contributed by atoms with E-state index < -0.39 is 17.5 Å². The van der Waals surface area contributed by atoms with Crippen molar-refractivity contribution in [2.75, 3.05) is 14.2 Å². The van der Waals surface area contributed by atoms with Crippen molar-refractivity contribution in [1.29, 1.82) is 0 Å². The standard InChI is InChI=1S/C17H21NO4/c1-16(2,3)22-15(19)18-14-10-11-17(20-4,21-5)13-9-7-6-8-12(13)14/h6-11H,1-5H3/b18-14+. The van der Waals surface area contributed by atoms with Gasteiger partial charge in [0.25, 0.3) is 0 Å². The van der Waals surface area contributed by atoms with Gasteiger partial charge in [0.1, 0.15) is 5.60 Å². The van der Waals surface area contributed by atoms with Crippen molar-refractivity contribution >= 4 is 11.8 Å². The number of carbonyl (C=O) groups excluding carboxylic acids is 1. The third-order valence-electron chi connectivity index (χ3n) is 3.25. The van der Waals surface area contributed by atoms with Gasteiger partial charge in [-0.1, -0.05) is 24.3 Å². The number of benzene rings is 1. The molecular formula is C17H21NO4. The first-order valence-corrected chi connectivity index (χ1v) is 7.02. The molecule has 5 heteroatoms. The van der Waals surface area contributed by atoms with Gasteiger partial charge < -0.3 is 14.2 Å². The predicted molar refractivity (Wildman–Crippen MR) is 84.0 cm³/mol. The van der Waals surface area contributed by atoms with Crippen molar-refractivity contribution in [2.24, 2.45) is 4.99 Å². The Hall–Kier alpha value is -1.98. The second-order valence-corrected chi connectivity index (χ2v) is 5.93. The van der Waals surface area contributed by atoms with Crippen LogP contribution in [0.15, 0.2) is 41.4 Å². The summed E-state index contributed by atoms with van der Waals surface area (Å²) < 4.78 is 16.3. The number of aliphatic imine (C=N–C) groups is 1. The number of ether oxygens (including phenoxy) is 3. The molecule has 0 heterocycles. The first kappa shape index (κ1) is 16.4. The number of carbonyl (C=O) groups is 1. The van der Waals surface area contributed by atoms with Crippen LogP contribution in [0.2, 0.25) is 0 Å². The van der Waals surface area contributed by atoms with Crippen LogP contribution in [-0.4, -0.2) is 31.6 Å². The summed E-state index contributed by atoms with van der Waals surface area (Å²) in [4.78, 5) is 16.0. The average Bonchev–Trinajstić information content (AvgIpc) is 2.46. The van der Waals surface area contributed by atoms with Crippen LogP contribution in [0.25, 0.3) is 0 Å². The predicted octanol–water partition coefficient (Wildman–Crippen LogP) is 3.43. The molecule has 0 saturated heterocycles. The monoisotopic (exact) mass is 303 g/mol. The molecular weight excluding hydrogens is 282 g/mol. The Morgan fingerprint density at radius 3 is 2.36 bits per heavy atom. The lowest BCUT2D eigenvalue weighted by molar-refractivity contribution is -0.178. The fourth-order valence-corrected chi connectivity index (χ4v) is 2.30. The number of hydrogen-bond donors (Lipinski definition) is 0. The molecule has 0 aliphatic heterocycles. The summed E-state index contributed by atoms with van der Waals surface area (Å²) in [7, 11) is 3.14. The van der Waals surface area contributed by atoms with Crippen LogP contribution in [0.1, 0.15) is 31.9 Å². The highest BCUT2D eigenvalue weighted by Gasteiger charge is 2.35. The van der Waals surface area contributed by atoms with E-state index in [1.165, 1.54) is 0 Å². The Morgan fingerprint density at radius 2 is 1.77 bits per heavy atom. The smallest absolute Gasteiger partial charge is 0.434 e. The molecule has 0 radical (unpaired) electrons. The molecule has 5 nitrogen and oxygen atoms in total. The van der Waals surface area contributed by atoms with Gasteiger partial charge in [-0.25, -0.2) is 4.79 Å². The topological polar surface area (TPSA) is 57.1 Å². The molecule has 22 heavy (non-hydrogen) atoms. The third kappa shape index (κ3) is 3.26. The van der Waals surface area contributed by atoms with Gasteiger partial charge in [-0.15, -0.1) is 0 Å². The number of allylic oxidation sites excluding steroid dienone is 1. The molecule has 0 atom stereocenters. The van der Waals surface area contributed by atoms with E-state index in [9.17, 15) is 4.79 Å². The summed E-state index contributed by atoms with van der Waals surface area (Å²) in [5.74, 6) is -0.969. The molecule has 118 valence electrons. The zero-order chi connectivity index (χ0) is 16.4. The lowest BCUT2D eigenvalue weighted by Crippen LogP contribution is -2.33. The second-order valence-electron chi connectivity index (χ2n) is 5.93. The van der Waals surface area contributed by atoms with Crippen LogP contribution in [0.4, 0.5) is 4.79 Å². The van der Waals surface area contributed by atoms with Crippen molar-refractivity contribution in [3.63, 3.8) is 0 Å². The summed E-state index contributed by atoms with van der Waals surface area (Å²) in [5, 5.41) is 0. The van der Waals surface area contributed by atoms with Gasteiger partial charge >= 0.3 is 6.09 Å². The third-order valence-corrected chi connectivity index (χ3v) is 3.25. The van der Waals surface area contributed by atoms with Crippen LogP contribution >= 0.6 is 0 Å². The van der Waals surface area contributed by atoms with E-state index in [4.69, 9.17) is 14.2 Å². The van der Waals surface area contributed by atoms with Gasteiger partial charge in [0, 0.05) is 25.3 Å². The van der Waals surface area contributed by atoms with E-state index in [-0.39, 0.29) is 0 Å². The van der Waals surface area contributed by atoms with Crippen molar-refractivity contribution in [2.45, 2.75) is 32.2 Å². The minimum absolute atomic E-state index is 0.523. The summed E-state index contributed by atoms with van der Waals surface area (Å²) >= 11 is 0. The minimum atomic E-state index is -0.969. The summed E-state index contributed by atoms with van der Waals surface area (Å²) in [6, 6.07) is 7.51. The van der Waals surface area contributed by atoms with Crippen LogP contribution in [-0.2, 0) is 20.0 Å². The van der Waals surface area contributed by atoms with Gasteiger partial charge in [-0.3, -0.25) is 0 Å². The molecule has 1 aliphatic carbocycles. The summed E-state index contributed by atoms with van der Waals surface area (Å²) in [5.41, 5.74) is 1.51. The highest BCUT2D eigenvalue weighted by molar-refractivity contribution is 6.14. The van der Waals surface area contributed by atoms with E-state index in [0.717, 1.165) is 11.1 Å². The number of hydrogen-bond acceptors (Lipinski definition) is 4. The first-order valence-electron chi connectivity index (χ1n) is 7.02. The Morgan fingerprint density at radius 1 is 1.14 bits per heavy atom. The number of rotatable bonds is 2. The van der Waals surface area contributed by atoms with Gasteiger partial charge in [0.2, 0.25) is 5.79 Å². The molecule has 1 aromatic rings. The van der Waals surface area contributed by atoms with Crippen molar-refractivity contribution in [3.05, 3.63) is 47.5 Å². The van der Waals surface area contributed by atoms with Crippen LogP contribution < -0.4 is 0 Å². The maximum absolute atomic E-state index is 11.9. The fraction of sp³-hybridized carbons (Fsp3) is 0.412. The molecule has 0 bridgehead atoms. The Labute approximate surface area is 130 Å². The molecule has 2 rings (SSSR count). The average molecular weight is 303 g/mol. The molecule has 0 saturated carbocycles. The normalized spacial score (nSPS) is 18.1. The minimum Gasteiger partial charge on any atom is -0.442 e. The largest absolute Gasteiger partial charge is 0.442 e. The quantitative estimate of drug-likeness (QED) is 0.785. The van der Waals surface area contributed by atoms with E-state index in [1.54, 1.807) is 47.1 Å². The van der Waals surface area contributed by atoms with Crippen LogP contribution in [0.3, 0.4) is 0 Å². The Balaban J connectivity index is 2.43. The first-order chi connectivity index (χ1) is 10.3. The lowest BCUT2D eigenvalue weighted by Gasteiger charge is -2.32. The Kier molecular flexibility index (Phi) is 4.49. The van der Waals surface area contributed by atoms with Gasteiger partial charge in [0.15, 0.2) is 0 Å². The molecule has 0 aromatic heterocycles. The van der Waals surface area contributed by atoms with Gasteiger partial charge in [0.05, 0.1) is 5.71 Å². The van der Waals surface area contributed by atoms with E-state index in [2.05, 4.69) is 4.99 Å². The van der Waals surface area contributed by atoms with Crippen molar-refractivity contribution in [3.8, 4) is 0 Å². The zero-order valence-electron chi connectivity index (χ0n) is 13.5. The number of amides is 1. The number of nitrogens with zero attached hydrogens (tertiary/aromatic N) is 1. The SMILES string of the molecule is COC1(OC)C=C/C(=N\C(=O)OC(C)(C)C)c2ccccc21. The van der Waals surface area contributed by atoms with E-state index in [0.29, 0.717) is 5.71 Å². The molecule has 0 fully saturated rings.